The molecule has 1 amide bonds. The van der Waals surface area contributed by atoms with Crippen LogP contribution in [0.4, 0.5) is 13.6 Å². The highest BCUT2D eigenvalue weighted by Gasteiger charge is 2.28. The second-order valence-corrected chi connectivity index (χ2v) is 9.99. The molecule has 0 saturated heterocycles. The number of carbonyl (C=O) groups is 1. The summed E-state index contributed by atoms with van der Waals surface area (Å²) in [5.74, 6) is -1.71. The predicted octanol–water partition coefficient (Wildman–Crippen LogP) is 5.83. The van der Waals surface area contributed by atoms with Crippen molar-refractivity contribution in [2.45, 2.75) is 32.7 Å². The van der Waals surface area contributed by atoms with E-state index in [1.807, 2.05) is 12.1 Å². The fourth-order valence-corrected chi connectivity index (χ4v) is 5.43. The third-order valence-corrected chi connectivity index (χ3v) is 7.33. The molecule has 2 aromatic heterocycles. The Morgan fingerprint density at radius 1 is 1.11 bits per heavy atom. The van der Waals surface area contributed by atoms with Gasteiger partial charge in [0, 0.05) is 49.9 Å². The zero-order valence-electron chi connectivity index (χ0n) is 20.5. The highest BCUT2D eigenvalue weighted by atomic mass is 35.5. The number of halogens is 3. The normalized spacial score (nSPS) is 15.2. The molecule has 0 aliphatic carbocycles. The van der Waals surface area contributed by atoms with Crippen LogP contribution in [0.1, 0.15) is 33.5 Å². The first-order chi connectivity index (χ1) is 18.5. The van der Waals surface area contributed by atoms with Crippen LogP contribution < -0.4 is 5.32 Å². The van der Waals surface area contributed by atoms with Gasteiger partial charge in [0.25, 0.3) is 0 Å². The number of rotatable bonds is 5. The van der Waals surface area contributed by atoms with Crippen LogP contribution in [0.15, 0.2) is 54.7 Å². The van der Waals surface area contributed by atoms with E-state index in [0.717, 1.165) is 51.5 Å². The molecule has 2 aromatic carbocycles. The first-order valence-electron chi connectivity index (χ1n) is 12.4. The largest absolute Gasteiger partial charge is 0.372 e. The molecule has 2 aliphatic rings. The van der Waals surface area contributed by atoms with Gasteiger partial charge < -0.3 is 10.1 Å². The average molecular weight is 535 g/mol. The van der Waals surface area contributed by atoms with Gasteiger partial charge in [0.15, 0.2) is 11.6 Å². The summed E-state index contributed by atoms with van der Waals surface area (Å²) in [6.07, 6.45) is 6.08. The van der Waals surface area contributed by atoms with E-state index in [1.54, 1.807) is 29.0 Å². The average Bonchev–Trinajstić information content (AvgIpc) is 3.49. The summed E-state index contributed by atoms with van der Waals surface area (Å²) >= 11 is 6.00. The van der Waals surface area contributed by atoms with Crippen LogP contribution in [0, 0.1) is 11.6 Å². The topological polar surface area (TPSA) is 59.4 Å². The third kappa shape index (κ3) is 4.82. The van der Waals surface area contributed by atoms with Gasteiger partial charge >= 0.3 is 6.03 Å². The van der Waals surface area contributed by atoms with Gasteiger partial charge in [-0.15, -0.1) is 0 Å². The molecule has 2 aliphatic heterocycles. The minimum Gasteiger partial charge on any atom is -0.372 e. The standard InChI is InChI=1S/C29H25ClF2N4O2/c30-28-11-19(5-7-33-28)14-34-29(37)36-26-6-9-35(8-1-2-18-3-4-24(31)25(32)10-18)15-23(26)22-12-20-16-38-17-21(20)13-27(22)36/h1-5,7,10-13H,6,8-9,14-17H2,(H,34,37)/b2-1+. The first kappa shape index (κ1) is 24.7. The number of pyridine rings is 1. The van der Waals surface area contributed by atoms with Gasteiger partial charge in [0.2, 0.25) is 0 Å². The Labute approximate surface area is 223 Å². The van der Waals surface area contributed by atoms with Gasteiger partial charge in [0.05, 0.1) is 18.7 Å². The molecule has 4 heterocycles. The molecule has 4 aromatic rings. The Kier molecular flexibility index (Phi) is 6.69. The lowest BCUT2D eigenvalue weighted by Gasteiger charge is -2.27. The summed E-state index contributed by atoms with van der Waals surface area (Å²) in [4.78, 5) is 19.8. The monoisotopic (exact) mass is 534 g/mol. The first-order valence-corrected chi connectivity index (χ1v) is 12.8. The Bertz CT molecular complexity index is 1580. The van der Waals surface area contributed by atoms with E-state index in [4.69, 9.17) is 16.3 Å². The van der Waals surface area contributed by atoms with Crippen molar-refractivity contribution in [3.05, 3.63) is 105 Å². The SMILES string of the molecule is O=C(NCc1ccnc(Cl)c1)n1c2c(c3cc4c(cc31)COC4)CN(C/C=C/c1ccc(F)c(F)c1)CC2. The molecule has 6 nitrogen and oxygen atoms in total. The number of amides is 1. The summed E-state index contributed by atoms with van der Waals surface area (Å²) < 4.78 is 34.2. The maximum absolute atomic E-state index is 13.5. The van der Waals surface area contributed by atoms with Crippen molar-refractivity contribution in [2.24, 2.45) is 0 Å². The van der Waals surface area contributed by atoms with Gasteiger partial charge in [-0.25, -0.2) is 18.6 Å². The Hall–Kier alpha value is -3.59. The molecule has 1 N–H and O–H groups in total. The van der Waals surface area contributed by atoms with Crippen LogP contribution in [0.3, 0.4) is 0 Å². The maximum Gasteiger partial charge on any atom is 0.326 e. The molecule has 0 spiro atoms. The second kappa shape index (κ2) is 10.3. The van der Waals surface area contributed by atoms with Crippen LogP contribution in [0.25, 0.3) is 17.0 Å². The van der Waals surface area contributed by atoms with E-state index in [9.17, 15) is 13.6 Å². The molecule has 0 saturated carbocycles. The minimum absolute atomic E-state index is 0.185. The summed E-state index contributed by atoms with van der Waals surface area (Å²) in [5.41, 5.74) is 6.76. The Balaban J connectivity index is 1.27. The molecule has 0 radical (unpaired) electrons. The van der Waals surface area contributed by atoms with Crippen molar-refractivity contribution in [3.63, 3.8) is 0 Å². The van der Waals surface area contributed by atoms with Crippen molar-refractivity contribution in [3.8, 4) is 0 Å². The van der Waals surface area contributed by atoms with Crippen molar-refractivity contribution >= 4 is 34.6 Å². The molecule has 0 fully saturated rings. The molecular formula is C29H25ClF2N4O2. The Morgan fingerprint density at radius 3 is 2.76 bits per heavy atom. The molecule has 194 valence electrons. The molecule has 9 heteroatoms. The summed E-state index contributed by atoms with van der Waals surface area (Å²) in [6.45, 7) is 3.54. The van der Waals surface area contributed by atoms with Gasteiger partial charge in [-0.2, -0.15) is 0 Å². The maximum atomic E-state index is 13.5. The van der Waals surface area contributed by atoms with E-state index in [0.29, 0.717) is 50.0 Å². The van der Waals surface area contributed by atoms with Crippen molar-refractivity contribution < 1.29 is 18.3 Å². The third-order valence-electron chi connectivity index (χ3n) is 7.12. The lowest BCUT2D eigenvalue weighted by molar-refractivity contribution is 0.134. The lowest BCUT2D eigenvalue weighted by atomic mass is 10.0. The van der Waals surface area contributed by atoms with Crippen LogP contribution in [0.2, 0.25) is 5.15 Å². The quantitative estimate of drug-likeness (QED) is 0.327. The van der Waals surface area contributed by atoms with Gasteiger partial charge in [-0.1, -0.05) is 29.8 Å². The number of nitrogens with one attached hydrogen (secondary N) is 1. The van der Waals surface area contributed by atoms with E-state index in [1.165, 1.54) is 6.07 Å². The summed E-state index contributed by atoms with van der Waals surface area (Å²) in [6, 6.07) is 11.5. The number of nitrogens with zero attached hydrogens (tertiary/aromatic N) is 3. The van der Waals surface area contributed by atoms with E-state index in [2.05, 4.69) is 27.3 Å². The van der Waals surface area contributed by atoms with Crippen molar-refractivity contribution in [1.29, 1.82) is 0 Å². The van der Waals surface area contributed by atoms with Crippen molar-refractivity contribution in [1.82, 2.24) is 19.8 Å². The zero-order chi connectivity index (χ0) is 26.2. The van der Waals surface area contributed by atoms with Crippen LogP contribution >= 0.6 is 11.6 Å². The fourth-order valence-electron chi connectivity index (χ4n) is 5.24. The van der Waals surface area contributed by atoms with Gasteiger partial charge in [0.1, 0.15) is 5.15 Å². The van der Waals surface area contributed by atoms with Crippen LogP contribution in [-0.4, -0.2) is 33.6 Å². The number of carbonyl (C=O) groups excluding carboxylic acids is 1. The predicted molar refractivity (Wildman–Crippen MR) is 142 cm³/mol. The molecule has 0 atom stereocenters. The number of aromatic nitrogens is 2. The minimum atomic E-state index is -0.857. The number of ether oxygens (including phenoxy) is 1. The van der Waals surface area contributed by atoms with Crippen LogP contribution in [0.5, 0.6) is 0 Å². The van der Waals surface area contributed by atoms with Gasteiger partial charge in [-0.05, 0) is 64.2 Å². The molecule has 0 unspecified atom stereocenters. The highest BCUT2D eigenvalue weighted by molar-refractivity contribution is 6.29. The molecule has 6 rings (SSSR count). The fraction of sp³-hybridized carbons (Fsp3) is 0.241. The second-order valence-electron chi connectivity index (χ2n) is 9.60. The van der Waals surface area contributed by atoms with Crippen molar-refractivity contribution in [2.75, 3.05) is 13.1 Å². The Morgan fingerprint density at radius 2 is 1.95 bits per heavy atom. The summed E-state index contributed by atoms with van der Waals surface area (Å²) in [5, 5.41) is 4.48. The number of fused-ring (bicyclic) bond motifs is 4. The van der Waals surface area contributed by atoms with E-state index in [-0.39, 0.29) is 6.03 Å². The highest BCUT2D eigenvalue weighted by Crippen LogP contribution is 2.35. The smallest absolute Gasteiger partial charge is 0.326 e. The zero-order valence-corrected chi connectivity index (χ0v) is 21.3. The van der Waals surface area contributed by atoms with E-state index < -0.39 is 11.6 Å². The number of hydrogen-bond donors (Lipinski definition) is 1. The van der Waals surface area contributed by atoms with Gasteiger partial charge in [-0.3, -0.25) is 9.47 Å². The number of hydrogen-bond acceptors (Lipinski definition) is 4. The summed E-state index contributed by atoms with van der Waals surface area (Å²) in [7, 11) is 0. The van der Waals surface area contributed by atoms with Crippen LogP contribution in [-0.2, 0) is 37.5 Å². The molecule has 38 heavy (non-hydrogen) atoms. The van der Waals surface area contributed by atoms with E-state index >= 15 is 0 Å². The number of benzene rings is 2. The molecular weight excluding hydrogens is 510 g/mol. The lowest BCUT2D eigenvalue weighted by Crippen LogP contribution is -2.34. The molecule has 0 bridgehead atoms.